The van der Waals surface area contributed by atoms with Crippen LogP contribution >= 0.6 is 0 Å². The van der Waals surface area contributed by atoms with E-state index in [-0.39, 0.29) is 5.82 Å². The molecule has 0 saturated carbocycles. The minimum atomic E-state index is -0.711. The van der Waals surface area contributed by atoms with E-state index in [0.29, 0.717) is 5.75 Å². The fourth-order valence-corrected chi connectivity index (χ4v) is 1.32. The third-order valence-electron chi connectivity index (χ3n) is 2.18. The molecule has 0 fully saturated rings. The highest BCUT2D eigenvalue weighted by Crippen LogP contribution is 2.12. The van der Waals surface area contributed by atoms with Gasteiger partial charge in [-0.1, -0.05) is 17.7 Å². The zero-order valence-electron chi connectivity index (χ0n) is 9.68. The highest BCUT2D eigenvalue weighted by molar-refractivity contribution is 5.85. The van der Waals surface area contributed by atoms with Crippen LogP contribution in [0.15, 0.2) is 42.6 Å². The lowest BCUT2D eigenvalue weighted by atomic mass is 10.2. The largest absolute Gasteiger partial charge is 0.418 e. The predicted molar refractivity (Wildman–Crippen MR) is 65.0 cm³/mol. The minimum Gasteiger partial charge on any atom is -0.410 e. The fourth-order valence-electron chi connectivity index (χ4n) is 1.32. The Morgan fingerprint density at radius 3 is 2.67 bits per heavy atom. The second kappa shape index (κ2) is 5.27. The van der Waals surface area contributed by atoms with Gasteiger partial charge in [0.15, 0.2) is 0 Å². The molecule has 0 unspecified atom stereocenters. The third kappa shape index (κ3) is 3.28. The first-order chi connectivity index (χ1) is 8.63. The van der Waals surface area contributed by atoms with Gasteiger partial charge in [0, 0.05) is 12.3 Å². The van der Waals surface area contributed by atoms with Gasteiger partial charge in [-0.05, 0) is 25.1 Å². The summed E-state index contributed by atoms with van der Waals surface area (Å²) < 4.78 is 17.9. The molecule has 2 aromatic rings. The minimum absolute atomic E-state index is 0.104. The van der Waals surface area contributed by atoms with Crippen molar-refractivity contribution in [2.45, 2.75) is 6.92 Å². The number of ether oxygens (including phenoxy) is 1. The average molecular weight is 246 g/mol. The number of aromatic nitrogens is 1. The number of hydrogen-bond acceptors (Lipinski definition) is 3. The van der Waals surface area contributed by atoms with E-state index in [0.717, 1.165) is 11.6 Å². The smallest absolute Gasteiger partial charge is 0.410 e. The van der Waals surface area contributed by atoms with Crippen LogP contribution in [0.3, 0.4) is 0 Å². The Balaban J connectivity index is 1.98. The molecular formula is C13H11FN2O2. The molecule has 1 aromatic heterocycles. The maximum atomic E-state index is 12.9. The van der Waals surface area contributed by atoms with Crippen molar-refractivity contribution in [3.63, 3.8) is 0 Å². The molecule has 1 N–H and O–H groups in total. The molecule has 0 aliphatic heterocycles. The highest BCUT2D eigenvalue weighted by atomic mass is 19.1. The van der Waals surface area contributed by atoms with Gasteiger partial charge >= 0.3 is 6.09 Å². The molecule has 0 radical (unpaired) electrons. The number of amides is 1. The number of benzene rings is 1. The number of aryl methyl sites for hydroxylation is 1. The monoisotopic (exact) mass is 246 g/mol. The van der Waals surface area contributed by atoms with Crippen molar-refractivity contribution in [2.24, 2.45) is 0 Å². The van der Waals surface area contributed by atoms with Crippen LogP contribution in [0.4, 0.5) is 15.0 Å². The number of halogens is 1. The lowest BCUT2D eigenvalue weighted by Gasteiger charge is -2.06. The van der Waals surface area contributed by atoms with Crippen LogP contribution in [-0.4, -0.2) is 11.1 Å². The number of hydrogen-bond donors (Lipinski definition) is 1. The summed E-state index contributed by atoms with van der Waals surface area (Å²) in [5, 5.41) is 2.33. The van der Waals surface area contributed by atoms with E-state index in [9.17, 15) is 9.18 Å². The lowest BCUT2D eigenvalue weighted by molar-refractivity contribution is 0.215. The number of anilines is 1. The fraction of sp³-hybridized carbons (Fsp3) is 0.0769. The van der Waals surface area contributed by atoms with E-state index in [1.807, 2.05) is 19.1 Å². The molecule has 1 amide bonds. The summed E-state index contributed by atoms with van der Waals surface area (Å²) in [5.41, 5.74) is 1.06. The molecule has 0 aliphatic rings. The molecule has 18 heavy (non-hydrogen) atoms. The number of carbonyl (C=O) groups excluding carboxylic acids is 1. The quantitative estimate of drug-likeness (QED) is 0.885. The first kappa shape index (κ1) is 12.0. The highest BCUT2D eigenvalue weighted by Gasteiger charge is 2.06. The zero-order valence-corrected chi connectivity index (χ0v) is 9.68. The topological polar surface area (TPSA) is 51.2 Å². The van der Waals surface area contributed by atoms with Gasteiger partial charge in [0.2, 0.25) is 0 Å². The second-order valence-electron chi connectivity index (χ2n) is 3.69. The number of nitrogens with zero attached hydrogens (tertiary/aromatic N) is 1. The third-order valence-corrected chi connectivity index (χ3v) is 2.18. The maximum absolute atomic E-state index is 12.9. The maximum Gasteiger partial charge on any atom is 0.418 e. The summed E-state index contributed by atoms with van der Waals surface area (Å²) in [6, 6.07) is 9.29. The summed E-state index contributed by atoms with van der Waals surface area (Å²) in [7, 11) is 0. The molecule has 0 saturated heterocycles. The summed E-state index contributed by atoms with van der Waals surface area (Å²) in [4.78, 5) is 15.3. The molecular weight excluding hydrogens is 235 g/mol. The average Bonchev–Trinajstić information content (AvgIpc) is 2.32. The van der Waals surface area contributed by atoms with Crippen LogP contribution in [0, 0.1) is 12.7 Å². The number of pyridine rings is 1. The van der Waals surface area contributed by atoms with Crippen molar-refractivity contribution in [3.05, 3.63) is 54.0 Å². The predicted octanol–water partition coefficient (Wildman–Crippen LogP) is 3.14. The Hall–Kier alpha value is -2.43. The van der Waals surface area contributed by atoms with Gasteiger partial charge in [-0.25, -0.2) is 14.2 Å². The first-order valence-corrected chi connectivity index (χ1v) is 5.30. The van der Waals surface area contributed by atoms with Crippen LogP contribution in [0.2, 0.25) is 0 Å². The van der Waals surface area contributed by atoms with Gasteiger partial charge < -0.3 is 4.74 Å². The molecule has 4 nitrogen and oxygen atoms in total. The van der Waals surface area contributed by atoms with Crippen LogP contribution in [0.5, 0.6) is 5.75 Å². The van der Waals surface area contributed by atoms with E-state index >= 15 is 0 Å². The van der Waals surface area contributed by atoms with Crippen molar-refractivity contribution in [1.29, 1.82) is 0 Å². The molecule has 1 aromatic carbocycles. The molecule has 0 bridgehead atoms. The van der Waals surface area contributed by atoms with Crippen LogP contribution in [0.25, 0.3) is 0 Å². The van der Waals surface area contributed by atoms with Crippen molar-refractivity contribution in [2.75, 3.05) is 5.32 Å². The van der Waals surface area contributed by atoms with Gasteiger partial charge in [0.1, 0.15) is 17.4 Å². The van der Waals surface area contributed by atoms with Crippen LogP contribution in [0.1, 0.15) is 5.56 Å². The molecule has 2 rings (SSSR count). The van der Waals surface area contributed by atoms with E-state index in [1.54, 1.807) is 12.1 Å². The van der Waals surface area contributed by atoms with Crippen molar-refractivity contribution < 1.29 is 13.9 Å². The summed E-state index contributed by atoms with van der Waals surface area (Å²) in [6.45, 7) is 1.93. The zero-order chi connectivity index (χ0) is 13.0. The number of carbonyl (C=O) groups is 1. The Morgan fingerprint density at radius 1 is 1.28 bits per heavy atom. The van der Waals surface area contributed by atoms with E-state index in [1.165, 1.54) is 12.3 Å². The molecule has 5 heteroatoms. The van der Waals surface area contributed by atoms with Crippen LogP contribution < -0.4 is 10.1 Å². The summed E-state index contributed by atoms with van der Waals surface area (Å²) in [6.07, 6.45) is 0.550. The molecule has 0 aliphatic carbocycles. The molecule has 1 heterocycles. The SMILES string of the molecule is Cc1ccc(OC(=O)Nc2cc(F)ccn2)cc1. The van der Waals surface area contributed by atoms with Crippen molar-refractivity contribution in [1.82, 2.24) is 4.98 Å². The standard InChI is InChI=1S/C13H11FN2O2/c1-9-2-4-11(5-3-9)18-13(17)16-12-8-10(14)6-7-15-12/h2-8H,1H3,(H,15,16,17). The second-order valence-corrected chi connectivity index (χ2v) is 3.69. The van der Waals surface area contributed by atoms with Gasteiger partial charge in [0.25, 0.3) is 0 Å². The van der Waals surface area contributed by atoms with E-state index < -0.39 is 11.9 Å². The Bertz CT molecular complexity index is 555. The Labute approximate surface area is 103 Å². The number of rotatable bonds is 2. The van der Waals surface area contributed by atoms with E-state index in [4.69, 9.17) is 4.74 Å². The molecule has 0 atom stereocenters. The number of nitrogens with one attached hydrogen (secondary N) is 1. The summed E-state index contributed by atoms with van der Waals surface area (Å²) >= 11 is 0. The van der Waals surface area contributed by atoms with Crippen LogP contribution in [-0.2, 0) is 0 Å². The van der Waals surface area contributed by atoms with Gasteiger partial charge in [-0.2, -0.15) is 0 Å². The lowest BCUT2D eigenvalue weighted by Crippen LogP contribution is -2.17. The van der Waals surface area contributed by atoms with Crippen molar-refractivity contribution in [3.8, 4) is 5.75 Å². The Kier molecular flexibility index (Phi) is 3.52. The Morgan fingerprint density at radius 2 is 2.00 bits per heavy atom. The first-order valence-electron chi connectivity index (χ1n) is 5.30. The summed E-state index contributed by atoms with van der Waals surface area (Å²) in [5.74, 6) is 0.0391. The van der Waals surface area contributed by atoms with Gasteiger partial charge in [0.05, 0.1) is 0 Å². The van der Waals surface area contributed by atoms with Gasteiger partial charge in [-0.3, -0.25) is 5.32 Å². The molecule has 92 valence electrons. The molecule has 0 spiro atoms. The van der Waals surface area contributed by atoms with E-state index in [2.05, 4.69) is 10.3 Å². The normalized spacial score (nSPS) is 9.89. The van der Waals surface area contributed by atoms with Gasteiger partial charge in [-0.15, -0.1) is 0 Å². The van der Waals surface area contributed by atoms with Crippen molar-refractivity contribution >= 4 is 11.9 Å².